The van der Waals surface area contributed by atoms with Crippen LogP contribution in [-0.2, 0) is 33.3 Å². The van der Waals surface area contributed by atoms with Gasteiger partial charge in [-0.05, 0) is 135 Å². The van der Waals surface area contributed by atoms with Crippen LogP contribution in [-0.4, -0.2) is 82.3 Å². The molecule has 9 heteroatoms. The molecule has 0 heterocycles. The molecule has 0 spiro atoms. The molecule has 0 saturated heterocycles. The Morgan fingerprint density at radius 2 is 0.553 bits per heavy atom. The molecule has 0 rings (SSSR count). The lowest BCUT2D eigenvalue weighted by atomic mass is 10.0. The monoisotopic (exact) mass is 1430 g/mol. The van der Waals surface area contributed by atoms with Crippen LogP contribution in [0.3, 0.4) is 0 Å². The molecular formula is C94H157NO8. The molecule has 2 atom stereocenters. The molecule has 0 amide bonds. The van der Waals surface area contributed by atoms with Crippen molar-refractivity contribution in [2.24, 2.45) is 0 Å². The average molecular weight is 1430 g/mol. The fourth-order valence-corrected chi connectivity index (χ4v) is 11.6. The zero-order chi connectivity index (χ0) is 74.6. The molecule has 9 nitrogen and oxygen atoms in total. The van der Waals surface area contributed by atoms with E-state index in [4.69, 9.17) is 18.9 Å². The number of likely N-dealkylation sites (N-methyl/N-ethyl adjacent to an activating group) is 1. The Kier molecular flexibility index (Phi) is 78.0. The standard InChI is InChI=1S/C94H157NO8/c1-6-8-10-12-14-16-18-20-22-24-26-28-30-32-34-36-38-40-42-44-46-48-50-52-54-56-58-60-62-64-66-68-70-72-74-76-78-80-82-84-91(96)101-88-90(89-102-94(93(98)99)100-87-86-95(3,4)5)103-92(97)85-83-81-79-77-75-73-71-69-67-65-63-61-59-57-55-53-51-49-47-45-43-41-39-37-35-33-31-29-27-25-23-21-19-17-15-13-11-9-7-2/h9,11,15,17-18,20-21,23-24,26-27,29-30,32-33,35,39,41,45,47,51,53,57,59,63,65,69,71,90,94H,6-8,10,12-14,16,19,22,25,28,31,34,36-38,40,42-44,46,48-50,52,54-56,58,60-62,64,66-68,70,72-89H2,1-5H3/b11-9-,17-15-,20-18-,23-21-,26-24-,29-27-,32-30-,35-33-,41-39-,47-45-,53-51-,59-57-,65-63-,71-69-. The average Bonchev–Trinajstić information content (AvgIpc) is 0.985. The Labute approximate surface area is 635 Å². The Bertz CT molecular complexity index is 2310. The van der Waals surface area contributed by atoms with Gasteiger partial charge in [-0.25, -0.2) is 0 Å². The SMILES string of the molecule is CC/C=C\C/C=C\C/C=C\C/C=C\C/C=C\C/C=C\C/C=C\C/C=C\C/C=C\C/C=C\C/C=C\CCCCCCCC(=O)OC(COC(=O)CCCCCCCCCCCCCCCCCCCCCCCCCC/C=C\C/C=C\C/C=C\CCCCCCC)COC(OCC[N+](C)(C)C)C(=O)[O-]. The lowest BCUT2D eigenvalue weighted by Gasteiger charge is -2.26. The summed E-state index contributed by atoms with van der Waals surface area (Å²) in [5, 5.41) is 11.9. The van der Waals surface area contributed by atoms with Crippen molar-refractivity contribution in [2.75, 3.05) is 47.5 Å². The number of unbranched alkanes of at least 4 members (excludes halogenated alkanes) is 34. The lowest BCUT2D eigenvalue weighted by molar-refractivity contribution is -0.870. The van der Waals surface area contributed by atoms with Gasteiger partial charge in [-0.3, -0.25) is 9.59 Å². The first-order valence-corrected chi connectivity index (χ1v) is 42.3. The van der Waals surface area contributed by atoms with Crippen LogP contribution in [0.1, 0.15) is 348 Å². The van der Waals surface area contributed by atoms with E-state index in [-0.39, 0.29) is 38.6 Å². The molecule has 0 aromatic heterocycles. The van der Waals surface area contributed by atoms with Gasteiger partial charge in [-0.2, -0.15) is 0 Å². The van der Waals surface area contributed by atoms with Crippen LogP contribution < -0.4 is 5.11 Å². The number of hydrogen-bond donors (Lipinski definition) is 0. The zero-order valence-electron chi connectivity index (χ0n) is 67.1. The van der Waals surface area contributed by atoms with E-state index in [2.05, 4.69) is 184 Å². The second-order valence-corrected chi connectivity index (χ2v) is 29.0. The summed E-state index contributed by atoms with van der Waals surface area (Å²) in [7, 11) is 5.93. The van der Waals surface area contributed by atoms with Crippen molar-refractivity contribution in [2.45, 2.75) is 360 Å². The van der Waals surface area contributed by atoms with Gasteiger partial charge in [0.25, 0.3) is 0 Å². The summed E-state index contributed by atoms with van der Waals surface area (Å²) in [5.41, 5.74) is 0. The quantitative estimate of drug-likeness (QED) is 0.0195. The molecule has 0 aromatic rings. The predicted molar refractivity (Wildman–Crippen MR) is 444 cm³/mol. The van der Waals surface area contributed by atoms with Crippen molar-refractivity contribution >= 4 is 17.9 Å². The first-order valence-electron chi connectivity index (χ1n) is 42.3. The van der Waals surface area contributed by atoms with Crippen LogP contribution in [0.4, 0.5) is 0 Å². The van der Waals surface area contributed by atoms with Crippen molar-refractivity contribution in [3.05, 3.63) is 170 Å². The van der Waals surface area contributed by atoms with Gasteiger partial charge < -0.3 is 33.3 Å². The largest absolute Gasteiger partial charge is 0.545 e. The van der Waals surface area contributed by atoms with Gasteiger partial charge in [0.15, 0.2) is 12.4 Å². The van der Waals surface area contributed by atoms with Crippen molar-refractivity contribution < 1.29 is 42.9 Å². The third kappa shape index (κ3) is 83.8. The van der Waals surface area contributed by atoms with Crippen molar-refractivity contribution in [3.63, 3.8) is 0 Å². The molecule has 0 aliphatic carbocycles. The molecule has 0 aliphatic heterocycles. The Morgan fingerprint density at radius 1 is 0.301 bits per heavy atom. The number of rotatable bonds is 77. The maximum atomic E-state index is 13.0. The highest BCUT2D eigenvalue weighted by atomic mass is 16.7. The Hall–Kier alpha value is -5.35. The zero-order valence-corrected chi connectivity index (χ0v) is 67.1. The fraction of sp³-hybridized carbons (Fsp3) is 0.670. The Morgan fingerprint density at radius 3 is 0.825 bits per heavy atom. The van der Waals surface area contributed by atoms with E-state index in [0.717, 1.165) is 135 Å². The first-order chi connectivity index (χ1) is 50.6. The maximum Gasteiger partial charge on any atom is 0.306 e. The van der Waals surface area contributed by atoms with E-state index in [0.29, 0.717) is 17.4 Å². The van der Waals surface area contributed by atoms with E-state index >= 15 is 0 Å². The van der Waals surface area contributed by atoms with E-state index < -0.39 is 24.3 Å². The topological polar surface area (TPSA) is 111 Å². The Balaban J connectivity index is 4.08. The minimum Gasteiger partial charge on any atom is -0.545 e. The van der Waals surface area contributed by atoms with Gasteiger partial charge in [0, 0.05) is 12.8 Å². The summed E-state index contributed by atoms with van der Waals surface area (Å²) in [5.74, 6) is -2.31. The van der Waals surface area contributed by atoms with Gasteiger partial charge >= 0.3 is 11.9 Å². The summed E-state index contributed by atoms with van der Waals surface area (Å²) in [6.07, 6.45) is 121. The number of carbonyl (C=O) groups is 3. The number of carboxylic acid groups (broad SMARTS) is 1. The second-order valence-electron chi connectivity index (χ2n) is 29.0. The molecule has 0 N–H and O–H groups in total. The molecule has 103 heavy (non-hydrogen) atoms. The molecule has 0 bridgehead atoms. The number of esters is 2. The smallest absolute Gasteiger partial charge is 0.306 e. The number of carboxylic acids is 1. The van der Waals surface area contributed by atoms with Crippen molar-refractivity contribution in [1.29, 1.82) is 0 Å². The molecule has 0 saturated carbocycles. The fourth-order valence-electron chi connectivity index (χ4n) is 11.6. The van der Waals surface area contributed by atoms with Crippen molar-refractivity contribution in [1.82, 2.24) is 0 Å². The van der Waals surface area contributed by atoms with E-state index in [1.54, 1.807) is 0 Å². The first kappa shape index (κ1) is 97.7. The third-order valence-electron chi connectivity index (χ3n) is 17.9. The van der Waals surface area contributed by atoms with Gasteiger partial charge in [-0.15, -0.1) is 0 Å². The molecular weight excluding hydrogens is 1270 g/mol. The summed E-state index contributed by atoms with van der Waals surface area (Å²) in [6, 6.07) is 0. The highest BCUT2D eigenvalue weighted by molar-refractivity contribution is 5.70. The van der Waals surface area contributed by atoms with Crippen LogP contribution in [0.2, 0.25) is 0 Å². The van der Waals surface area contributed by atoms with Crippen LogP contribution in [0.25, 0.3) is 0 Å². The predicted octanol–water partition coefficient (Wildman–Crippen LogP) is 26.4. The van der Waals surface area contributed by atoms with Crippen LogP contribution in [0.15, 0.2) is 170 Å². The van der Waals surface area contributed by atoms with Gasteiger partial charge in [-0.1, -0.05) is 370 Å². The van der Waals surface area contributed by atoms with E-state index in [9.17, 15) is 19.5 Å². The number of aliphatic carboxylic acids is 1. The maximum absolute atomic E-state index is 13.0. The molecule has 586 valence electrons. The number of quaternary nitrogens is 1. The van der Waals surface area contributed by atoms with Crippen LogP contribution in [0, 0.1) is 0 Å². The summed E-state index contributed by atoms with van der Waals surface area (Å²) >= 11 is 0. The summed E-state index contributed by atoms with van der Waals surface area (Å²) < 4.78 is 22.8. The van der Waals surface area contributed by atoms with E-state index in [1.807, 2.05) is 21.1 Å². The number of nitrogens with zero attached hydrogens (tertiary/aromatic N) is 1. The van der Waals surface area contributed by atoms with E-state index in [1.165, 1.54) is 180 Å². The third-order valence-corrected chi connectivity index (χ3v) is 17.9. The second kappa shape index (κ2) is 82.3. The number of ether oxygens (including phenoxy) is 4. The summed E-state index contributed by atoms with van der Waals surface area (Å²) in [6.45, 7) is 4.61. The van der Waals surface area contributed by atoms with Gasteiger partial charge in [0.2, 0.25) is 0 Å². The minimum atomic E-state index is -1.64. The highest BCUT2D eigenvalue weighted by Crippen LogP contribution is 2.18. The number of allylic oxidation sites excluding steroid dienone is 28. The highest BCUT2D eigenvalue weighted by Gasteiger charge is 2.22. The van der Waals surface area contributed by atoms with Gasteiger partial charge in [0.1, 0.15) is 13.2 Å². The normalized spacial score (nSPS) is 13.5. The number of hydrogen-bond acceptors (Lipinski definition) is 8. The molecule has 0 fully saturated rings. The van der Waals surface area contributed by atoms with Gasteiger partial charge in [0.05, 0.1) is 40.3 Å². The van der Waals surface area contributed by atoms with Crippen molar-refractivity contribution in [3.8, 4) is 0 Å². The van der Waals surface area contributed by atoms with Crippen LogP contribution >= 0.6 is 0 Å². The number of carbonyl (C=O) groups excluding carboxylic acids is 3. The van der Waals surface area contributed by atoms with Crippen LogP contribution in [0.5, 0.6) is 0 Å². The molecule has 0 aromatic carbocycles. The lowest BCUT2D eigenvalue weighted by Crippen LogP contribution is -2.44. The molecule has 2 unspecified atom stereocenters. The molecule has 0 aliphatic rings. The minimum absolute atomic E-state index is 0.137. The molecule has 0 radical (unpaired) electrons. The summed E-state index contributed by atoms with van der Waals surface area (Å²) in [4.78, 5) is 37.6.